The second-order valence-corrected chi connectivity index (χ2v) is 10.2. The van der Waals surface area contributed by atoms with Crippen molar-refractivity contribution in [1.29, 1.82) is 0 Å². The first-order valence-corrected chi connectivity index (χ1v) is 10.2. The lowest BCUT2D eigenvalue weighted by Gasteiger charge is -2.39. The van der Waals surface area contributed by atoms with E-state index >= 15 is 0 Å². The van der Waals surface area contributed by atoms with Crippen LogP contribution in [0.4, 0.5) is 0 Å². The number of hydrogen-bond donors (Lipinski definition) is 0. The van der Waals surface area contributed by atoms with Crippen molar-refractivity contribution < 1.29 is 22.8 Å². The molecule has 1 rings (SSSR count). The van der Waals surface area contributed by atoms with Crippen molar-refractivity contribution in [3.05, 3.63) is 0 Å². The third-order valence-electron chi connectivity index (χ3n) is 2.77. The van der Waals surface area contributed by atoms with Crippen LogP contribution in [0.2, 0.25) is 6.04 Å². The molecule has 0 aromatic carbocycles. The zero-order chi connectivity index (χ0) is 16.9. The molecule has 6 heteroatoms. The maximum Gasteiger partial charge on any atom is 0.501 e. The minimum atomic E-state index is -2.74. The molecule has 1 fully saturated rings. The van der Waals surface area contributed by atoms with Gasteiger partial charge in [-0.15, -0.1) is 0 Å². The van der Waals surface area contributed by atoms with Crippen molar-refractivity contribution in [3.63, 3.8) is 0 Å². The molecule has 0 aromatic heterocycles. The Hall–Kier alpha value is 0.0169. The molecular weight excluding hydrogens is 300 g/mol. The van der Waals surface area contributed by atoms with Gasteiger partial charge in [-0.05, 0) is 54.9 Å². The Balaban J connectivity index is 2.58. The highest BCUT2D eigenvalue weighted by atomic mass is 28.4. The first kappa shape index (κ1) is 20.1. The zero-order valence-corrected chi connectivity index (χ0v) is 16.4. The van der Waals surface area contributed by atoms with Gasteiger partial charge in [0.15, 0.2) is 0 Å². The lowest BCUT2D eigenvalue weighted by Crippen LogP contribution is -2.54. The highest BCUT2D eigenvalue weighted by Gasteiger charge is 2.46. The fourth-order valence-corrected chi connectivity index (χ4v) is 5.57. The Morgan fingerprint density at radius 3 is 2.00 bits per heavy atom. The quantitative estimate of drug-likeness (QED) is 0.348. The predicted molar refractivity (Wildman–Crippen MR) is 89.0 cm³/mol. The molecule has 1 atom stereocenters. The molecule has 0 spiro atoms. The number of epoxide rings is 1. The van der Waals surface area contributed by atoms with Gasteiger partial charge in [0.2, 0.25) is 0 Å². The predicted octanol–water partition coefficient (Wildman–Crippen LogP) is 3.40. The SMILES string of the molecule is CCO[Si](CCCOCC1CO1)(OC(C)(C)C)OC(C)(C)C. The lowest BCUT2D eigenvalue weighted by molar-refractivity contribution is -0.0442. The molecule has 0 amide bonds. The van der Waals surface area contributed by atoms with Gasteiger partial charge in [0.05, 0.1) is 24.4 Å². The molecule has 1 aliphatic heterocycles. The van der Waals surface area contributed by atoms with Crippen molar-refractivity contribution in [1.82, 2.24) is 0 Å². The van der Waals surface area contributed by atoms with E-state index in [-0.39, 0.29) is 11.2 Å². The highest BCUT2D eigenvalue weighted by Crippen LogP contribution is 2.29. The fourth-order valence-electron chi connectivity index (χ4n) is 2.18. The zero-order valence-electron chi connectivity index (χ0n) is 15.4. The maximum atomic E-state index is 6.30. The lowest BCUT2D eigenvalue weighted by atomic mass is 10.2. The number of hydrogen-bond acceptors (Lipinski definition) is 5. The number of ether oxygens (including phenoxy) is 2. The molecule has 22 heavy (non-hydrogen) atoms. The summed E-state index contributed by atoms with van der Waals surface area (Å²) in [7, 11) is -2.74. The minimum absolute atomic E-state index is 0.296. The molecule has 0 aliphatic carbocycles. The average molecular weight is 335 g/mol. The molecule has 5 nitrogen and oxygen atoms in total. The summed E-state index contributed by atoms with van der Waals surface area (Å²) in [5.41, 5.74) is -0.593. The molecule has 0 aromatic rings. The van der Waals surface area contributed by atoms with E-state index in [2.05, 4.69) is 0 Å². The van der Waals surface area contributed by atoms with Crippen LogP contribution in [0.25, 0.3) is 0 Å². The van der Waals surface area contributed by atoms with Gasteiger partial charge in [-0.2, -0.15) is 0 Å². The third-order valence-corrected chi connectivity index (χ3v) is 6.31. The summed E-state index contributed by atoms with van der Waals surface area (Å²) in [5.74, 6) is 0. The molecule has 1 heterocycles. The highest BCUT2D eigenvalue weighted by molar-refractivity contribution is 6.61. The van der Waals surface area contributed by atoms with Gasteiger partial charge in [-0.3, -0.25) is 0 Å². The van der Waals surface area contributed by atoms with Crippen molar-refractivity contribution in [2.75, 3.05) is 26.4 Å². The average Bonchev–Trinajstić information content (AvgIpc) is 3.07. The summed E-state index contributed by atoms with van der Waals surface area (Å²) < 4.78 is 29.4. The fraction of sp³-hybridized carbons (Fsp3) is 1.00. The minimum Gasteiger partial charge on any atom is -0.379 e. The van der Waals surface area contributed by atoms with Gasteiger partial charge in [0.1, 0.15) is 6.10 Å². The first-order valence-electron chi connectivity index (χ1n) is 8.29. The van der Waals surface area contributed by atoms with Gasteiger partial charge in [-0.1, -0.05) is 0 Å². The Morgan fingerprint density at radius 2 is 1.59 bits per heavy atom. The smallest absolute Gasteiger partial charge is 0.379 e. The van der Waals surface area contributed by atoms with E-state index in [1.807, 2.05) is 48.5 Å². The van der Waals surface area contributed by atoms with Crippen molar-refractivity contribution in [3.8, 4) is 0 Å². The molecule has 1 aliphatic rings. The Labute approximate surface area is 137 Å². The maximum absolute atomic E-state index is 6.30. The van der Waals surface area contributed by atoms with Crippen LogP contribution in [-0.2, 0) is 22.8 Å². The summed E-state index contributed by atoms with van der Waals surface area (Å²) in [4.78, 5) is 0. The van der Waals surface area contributed by atoms with E-state index in [4.69, 9.17) is 22.8 Å². The summed E-state index contributed by atoms with van der Waals surface area (Å²) in [6.07, 6.45) is 1.18. The van der Waals surface area contributed by atoms with Crippen LogP contribution >= 0.6 is 0 Å². The topological polar surface area (TPSA) is 49.5 Å². The second kappa shape index (κ2) is 8.21. The standard InChI is InChI=1S/C16H34O5Si/c1-8-19-22(20-15(2,3)4,21-16(5,6)7)11-9-10-17-12-14-13-18-14/h14H,8-13H2,1-7H3. The van der Waals surface area contributed by atoms with Gasteiger partial charge >= 0.3 is 8.80 Å². The Morgan fingerprint density at radius 1 is 1.05 bits per heavy atom. The molecule has 0 saturated carbocycles. The summed E-state index contributed by atoms with van der Waals surface area (Å²) in [6, 6.07) is 0.765. The second-order valence-electron chi connectivity index (χ2n) is 7.68. The molecule has 0 bridgehead atoms. The van der Waals surface area contributed by atoms with Crippen LogP contribution in [0, 0.1) is 0 Å². The van der Waals surface area contributed by atoms with Gasteiger partial charge in [-0.25, -0.2) is 0 Å². The van der Waals surface area contributed by atoms with Gasteiger partial charge in [0, 0.05) is 19.3 Å². The molecule has 1 unspecified atom stereocenters. The summed E-state index contributed by atoms with van der Waals surface area (Å²) in [6.45, 7) is 17.0. The Kier molecular flexibility index (Phi) is 7.49. The van der Waals surface area contributed by atoms with Crippen LogP contribution < -0.4 is 0 Å². The molecule has 0 radical (unpaired) electrons. The van der Waals surface area contributed by atoms with Crippen LogP contribution in [0.1, 0.15) is 54.9 Å². The largest absolute Gasteiger partial charge is 0.501 e. The van der Waals surface area contributed by atoms with Crippen LogP contribution in [0.5, 0.6) is 0 Å². The normalized spacial score (nSPS) is 19.5. The van der Waals surface area contributed by atoms with Crippen molar-refractivity contribution in [2.45, 2.75) is 78.2 Å². The van der Waals surface area contributed by atoms with Gasteiger partial charge in [0.25, 0.3) is 0 Å². The van der Waals surface area contributed by atoms with Crippen LogP contribution in [0.3, 0.4) is 0 Å². The van der Waals surface area contributed by atoms with E-state index in [0.29, 0.717) is 25.9 Å². The molecule has 132 valence electrons. The Bertz CT molecular complexity index is 301. The van der Waals surface area contributed by atoms with E-state index < -0.39 is 8.80 Å². The monoisotopic (exact) mass is 334 g/mol. The summed E-state index contributed by atoms with van der Waals surface area (Å²) >= 11 is 0. The molecule has 1 saturated heterocycles. The van der Waals surface area contributed by atoms with E-state index in [0.717, 1.165) is 19.1 Å². The van der Waals surface area contributed by atoms with Crippen molar-refractivity contribution >= 4 is 8.80 Å². The van der Waals surface area contributed by atoms with E-state index in [1.165, 1.54) is 0 Å². The van der Waals surface area contributed by atoms with E-state index in [9.17, 15) is 0 Å². The van der Waals surface area contributed by atoms with Gasteiger partial charge < -0.3 is 22.8 Å². The molecular formula is C16H34O5Si. The van der Waals surface area contributed by atoms with Crippen molar-refractivity contribution in [2.24, 2.45) is 0 Å². The third kappa shape index (κ3) is 9.22. The van der Waals surface area contributed by atoms with Crippen LogP contribution in [0.15, 0.2) is 0 Å². The summed E-state index contributed by atoms with van der Waals surface area (Å²) in [5, 5.41) is 0. The van der Waals surface area contributed by atoms with E-state index in [1.54, 1.807) is 0 Å². The number of rotatable bonds is 10. The first-order chi connectivity index (χ1) is 10.1. The van der Waals surface area contributed by atoms with Crippen LogP contribution in [-0.4, -0.2) is 52.5 Å². The molecule has 0 N–H and O–H groups in total.